The number of hydrogen-bond donors (Lipinski definition) is 1. The van der Waals surface area contributed by atoms with Crippen molar-refractivity contribution >= 4 is 46.4 Å². The Kier molecular flexibility index (Phi) is 4.35. The van der Waals surface area contributed by atoms with E-state index in [1.807, 2.05) is 12.1 Å². The van der Waals surface area contributed by atoms with Crippen LogP contribution in [0.2, 0.25) is 10.0 Å². The van der Waals surface area contributed by atoms with Crippen molar-refractivity contribution < 1.29 is 9.59 Å². The van der Waals surface area contributed by atoms with E-state index in [0.29, 0.717) is 27.0 Å². The molecule has 24 heavy (non-hydrogen) atoms. The van der Waals surface area contributed by atoms with E-state index in [1.54, 1.807) is 37.3 Å². The third-order valence-electron chi connectivity index (χ3n) is 3.93. The number of rotatable bonds is 3. The van der Waals surface area contributed by atoms with Crippen LogP contribution in [0.15, 0.2) is 49.0 Å². The van der Waals surface area contributed by atoms with Crippen LogP contribution >= 0.6 is 23.2 Å². The highest BCUT2D eigenvalue weighted by atomic mass is 35.5. The second-order valence-electron chi connectivity index (χ2n) is 5.46. The molecule has 1 heterocycles. The average Bonchev–Trinajstić information content (AvgIpc) is 2.82. The fourth-order valence-corrected chi connectivity index (χ4v) is 2.95. The van der Waals surface area contributed by atoms with Gasteiger partial charge < -0.3 is 5.32 Å². The van der Waals surface area contributed by atoms with E-state index in [4.69, 9.17) is 23.2 Å². The Balaban J connectivity index is 1.80. The molecule has 1 N–H and O–H groups in total. The van der Waals surface area contributed by atoms with Crippen LogP contribution in [-0.2, 0) is 4.79 Å². The van der Waals surface area contributed by atoms with Gasteiger partial charge in [0, 0.05) is 22.5 Å². The molecule has 0 fully saturated rings. The lowest BCUT2D eigenvalue weighted by atomic mass is 10.1. The number of nitrogens with zero attached hydrogens (tertiary/aromatic N) is 1. The first kappa shape index (κ1) is 16.6. The van der Waals surface area contributed by atoms with Crippen molar-refractivity contribution in [1.82, 2.24) is 4.90 Å². The number of fused-ring (bicyclic) bond motifs is 1. The van der Waals surface area contributed by atoms with Crippen molar-refractivity contribution in [2.75, 3.05) is 5.32 Å². The Labute approximate surface area is 149 Å². The van der Waals surface area contributed by atoms with E-state index in [-0.39, 0.29) is 11.8 Å². The Morgan fingerprint density at radius 3 is 2.42 bits per heavy atom. The van der Waals surface area contributed by atoms with Crippen LogP contribution < -0.4 is 5.32 Å². The number of anilines is 1. The van der Waals surface area contributed by atoms with Crippen molar-refractivity contribution in [3.8, 4) is 0 Å². The molecule has 0 aromatic heterocycles. The number of amides is 2. The molecule has 0 aliphatic carbocycles. The van der Waals surface area contributed by atoms with E-state index in [9.17, 15) is 9.59 Å². The molecular formula is C18H14Cl2N2O2. The third kappa shape index (κ3) is 2.79. The molecule has 4 nitrogen and oxygen atoms in total. The molecule has 0 bridgehead atoms. The number of halogens is 2. The van der Waals surface area contributed by atoms with E-state index in [1.165, 1.54) is 4.90 Å². The first-order valence-corrected chi connectivity index (χ1v) is 8.03. The Hall–Kier alpha value is -2.30. The largest absolute Gasteiger partial charge is 0.324 e. The lowest BCUT2D eigenvalue weighted by Crippen LogP contribution is -2.41. The van der Waals surface area contributed by atoms with Crippen LogP contribution in [-0.4, -0.2) is 22.8 Å². The zero-order chi connectivity index (χ0) is 17.4. The summed E-state index contributed by atoms with van der Waals surface area (Å²) in [4.78, 5) is 26.5. The van der Waals surface area contributed by atoms with Crippen LogP contribution in [0.5, 0.6) is 0 Å². The van der Waals surface area contributed by atoms with E-state index in [0.717, 1.165) is 5.56 Å². The van der Waals surface area contributed by atoms with Crippen LogP contribution in [0.1, 0.15) is 22.8 Å². The summed E-state index contributed by atoms with van der Waals surface area (Å²) in [7, 11) is 0. The van der Waals surface area contributed by atoms with Crippen LogP contribution in [0.4, 0.5) is 5.69 Å². The van der Waals surface area contributed by atoms with Gasteiger partial charge in [-0.3, -0.25) is 14.5 Å². The second-order valence-corrected chi connectivity index (χ2v) is 6.28. The average molecular weight is 361 g/mol. The van der Waals surface area contributed by atoms with Gasteiger partial charge in [0.2, 0.25) is 5.91 Å². The molecule has 0 radical (unpaired) electrons. The second kappa shape index (κ2) is 6.30. The van der Waals surface area contributed by atoms with Crippen molar-refractivity contribution in [2.45, 2.75) is 13.0 Å². The van der Waals surface area contributed by atoms with Gasteiger partial charge in [-0.1, -0.05) is 48.0 Å². The first-order valence-electron chi connectivity index (χ1n) is 7.28. The summed E-state index contributed by atoms with van der Waals surface area (Å²) < 4.78 is 0. The predicted octanol–water partition coefficient (Wildman–Crippen LogP) is 4.45. The molecule has 2 aromatic rings. The quantitative estimate of drug-likeness (QED) is 0.878. The lowest BCUT2D eigenvalue weighted by molar-refractivity contribution is -0.119. The van der Waals surface area contributed by atoms with Gasteiger partial charge in [-0.05, 0) is 31.2 Å². The SMILES string of the molecule is C=C1c2ccccc2C(=O)N1C(C)C(=O)Nc1ccc(Cl)c(Cl)c1. The summed E-state index contributed by atoms with van der Waals surface area (Å²) in [5, 5.41) is 3.49. The van der Waals surface area contributed by atoms with Gasteiger partial charge in [0.15, 0.2) is 0 Å². The topological polar surface area (TPSA) is 49.4 Å². The van der Waals surface area contributed by atoms with Crippen LogP contribution in [0, 0.1) is 0 Å². The molecule has 6 heteroatoms. The molecule has 0 spiro atoms. The smallest absolute Gasteiger partial charge is 0.259 e. The Bertz CT molecular complexity index is 829. The molecule has 2 aromatic carbocycles. The van der Waals surface area contributed by atoms with E-state index >= 15 is 0 Å². The summed E-state index contributed by atoms with van der Waals surface area (Å²) in [5.74, 6) is -0.567. The van der Waals surface area contributed by atoms with Gasteiger partial charge in [0.25, 0.3) is 5.91 Å². The van der Waals surface area contributed by atoms with Crippen molar-refractivity contribution in [1.29, 1.82) is 0 Å². The highest BCUT2D eigenvalue weighted by molar-refractivity contribution is 6.42. The summed E-state index contributed by atoms with van der Waals surface area (Å²) >= 11 is 11.8. The minimum atomic E-state index is -0.716. The molecule has 122 valence electrons. The van der Waals surface area contributed by atoms with Gasteiger partial charge in [-0.2, -0.15) is 0 Å². The van der Waals surface area contributed by atoms with Crippen LogP contribution in [0.3, 0.4) is 0 Å². The number of carbonyl (C=O) groups excluding carboxylic acids is 2. The minimum Gasteiger partial charge on any atom is -0.324 e. The van der Waals surface area contributed by atoms with Crippen molar-refractivity contribution in [3.05, 3.63) is 70.2 Å². The standard InChI is InChI=1S/C18H14Cl2N2O2/c1-10-13-5-3-4-6-14(13)18(24)22(10)11(2)17(23)21-12-7-8-15(19)16(20)9-12/h3-9,11H,1H2,2H3,(H,21,23). The normalized spacial score (nSPS) is 14.5. The maximum absolute atomic E-state index is 12.6. The minimum absolute atomic E-state index is 0.229. The molecule has 1 aliphatic rings. The lowest BCUT2D eigenvalue weighted by Gasteiger charge is -2.24. The Morgan fingerprint density at radius 1 is 1.12 bits per heavy atom. The molecule has 0 saturated heterocycles. The van der Waals surface area contributed by atoms with E-state index < -0.39 is 6.04 Å². The summed E-state index contributed by atoms with van der Waals surface area (Å²) in [5.41, 5.74) is 2.33. The summed E-state index contributed by atoms with van der Waals surface area (Å²) in [6.45, 7) is 5.60. The molecule has 0 saturated carbocycles. The zero-order valence-electron chi connectivity index (χ0n) is 12.8. The van der Waals surface area contributed by atoms with Gasteiger partial charge in [0.05, 0.1) is 10.0 Å². The fraction of sp³-hybridized carbons (Fsp3) is 0.111. The number of benzene rings is 2. The molecule has 3 rings (SSSR count). The van der Waals surface area contributed by atoms with Gasteiger partial charge in [-0.25, -0.2) is 0 Å². The fourth-order valence-electron chi connectivity index (χ4n) is 2.65. The zero-order valence-corrected chi connectivity index (χ0v) is 14.4. The molecular weight excluding hydrogens is 347 g/mol. The van der Waals surface area contributed by atoms with Crippen molar-refractivity contribution in [2.24, 2.45) is 0 Å². The molecule has 1 unspecified atom stereocenters. The number of hydrogen-bond acceptors (Lipinski definition) is 2. The molecule has 1 aliphatic heterocycles. The predicted molar refractivity (Wildman–Crippen MR) is 96.2 cm³/mol. The third-order valence-corrected chi connectivity index (χ3v) is 4.67. The monoisotopic (exact) mass is 360 g/mol. The van der Waals surface area contributed by atoms with Gasteiger partial charge in [-0.15, -0.1) is 0 Å². The molecule has 1 atom stereocenters. The first-order chi connectivity index (χ1) is 11.4. The van der Waals surface area contributed by atoms with Crippen molar-refractivity contribution in [3.63, 3.8) is 0 Å². The van der Waals surface area contributed by atoms with E-state index in [2.05, 4.69) is 11.9 Å². The van der Waals surface area contributed by atoms with Gasteiger partial charge in [0.1, 0.15) is 6.04 Å². The maximum atomic E-state index is 12.6. The van der Waals surface area contributed by atoms with Gasteiger partial charge >= 0.3 is 0 Å². The summed E-state index contributed by atoms with van der Waals surface area (Å²) in [6.07, 6.45) is 0. The summed E-state index contributed by atoms with van der Waals surface area (Å²) in [6, 6.07) is 11.3. The highest BCUT2D eigenvalue weighted by Crippen LogP contribution is 2.33. The number of carbonyl (C=O) groups is 2. The Morgan fingerprint density at radius 2 is 1.79 bits per heavy atom. The maximum Gasteiger partial charge on any atom is 0.259 e. The molecule has 2 amide bonds. The highest BCUT2D eigenvalue weighted by Gasteiger charge is 2.36. The van der Waals surface area contributed by atoms with Crippen LogP contribution in [0.25, 0.3) is 5.70 Å². The number of nitrogens with one attached hydrogen (secondary N) is 1.